The molecule has 0 aliphatic rings. The summed E-state index contributed by atoms with van der Waals surface area (Å²) in [5.74, 6) is -13.7. The minimum Gasteiger partial charge on any atom is -0.396 e. The van der Waals surface area contributed by atoms with E-state index >= 15 is 0 Å². The predicted octanol–water partition coefficient (Wildman–Crippen LogP) is 6.09. The lowest BCUT2D eigenvalue weighted by Crippen LogP contribution is -2.59. The van der Waals surface area contributed by atoms with Crippen LogP contribution in [0.15, 0.2) is 17.0 Å². The Morgan fingerprint density at radius 1 is 0.783 bits per heavy atom. The second kappa shape index (κ2) is 5.99. The molecular weight excluding hydrogens is 408 g/mol. The topological polar surface area (TPSA) is 26.0 Å². The fraction of sp³-hybridized carbons (Fsp3) is 0.400. The van der Waals surface area contributed by atoms with Crippen molar-refractivity contribution in [3.8, 4) is 0 Å². The Labute approximate surface area is 136 Å². The fourth-order valence-corrected chi connectivity index (χ4v) is 2.72. The zero-order valence-corrected chi connectivity index (χ0v) is 12.6. The Morgan fingerprint density at radius 3 is 1.52 bits per heavy atom. The first-order valence-electron chi connectivity index (χ1n) is 5.18. The molecule has 0 saturated carbocycles. The predicted molar refractivity (Wildman–Crippen MR) is 67.6 cm³/mol. The maximum Gasteiger partial charge on any atom is 0.460 e. The molecule has 1 rings (SSSR count). The molecule has 0 spiro atoms. The summed E-state index contributed by atoms with van der Waals surface area (Å²) < 4.78 is 114. The van der Waals surface area contributed by atoms with E-state index in [9.17, 15) is 39.5 Å². The van der Waals surface area contributed by atoms with Crippen molar-refractivity contribution in [2.24, 2.45) is 0 Å². The minimum atomic E-state index is -6.96. The largest absolute Gasteiger partial charge is 0.460 e. The second-order valence-corrected chi connectivity index (χ2v) is 6.07. The van der Waals surface area contributed by atoms with Crippen molar-refractivity contribution in [1.82, 2.24) is 0 Å². The van der Waals surface area contributed by atoms with E-state index in [0.29, 0.717) is 12.1 Å². The van der Waals surface area contributed by atoms with Gasteiger partial charge in [-0.15, -0.1) is 0 Å². The molecule has 23 heavy (non-hydrogen) atoms. The van der Waals surface area contributed by atoms with Crippen LogP contribution in [0, 0.1) is 0 Å². The number of halogens is 11. The smallest absolute Gasteiger partial charge is 0.396 e. The van der Waals surface area contributed by atoms with Crippen LogP contribution in [0.3, 0.4) is 0 Å². The molecule has 0 aliphatic heterocycles. The molecule has 0 atom stereocenters. The maximum absolute atomic E-state index is 13.4. The maximum atomic E-state index is 13.4. The Morgan fingerprint density at radius 2 is 1.17 bits per heavy atom. The second-order valence-electron chi connectivity index (χ2n) is 4.07. The van der Waals surface area contributed by atoms with Crippen LogP contribution < -0.4 is 5.73 Å². The number of hydrogen-bond acceptors (Lipinski definition) is 2. The number of rotatable bonds is 4. The molecule has 0 aromatic heterocycles. The van der Waals surface area contributed by atoms with Crippen LogP contribution in [0.25, 0.3) is 0 Å². The van der Waals surface area contributed by atoms with Gasteiger partial charge in [0.25, 0.3) is 0 Å². The van der Waals surface area contributed by atoms with Crippen molar-refractivity contribution >= 4 is 40.7 Å². The summed E-state index contributed by atoms with van der Waals surface area (Å²) in [5.41, 5.74) is 4.94. The molecule has 0 aliphatic carbocycles. The van der Waals surface area contributed by atoms with Gasteiger partial charge in [-0.05, 0) is 23.9 Å². The SMILES string of the molecule is Nc1c(Cl)cc(SC(F)(F)C(F)(F)C(F)(F)C(F)(F)F)cc1Cl. The molecule has 0 amide bonds. The van der Waals surface area contributed by atoms with Crippen LogP contribution >= 0.6 is 35.0 Å². The third-order valence-electron chi connectivity index (χ3n) is 2.41. The molecule has 0 saturated heterocycles. The minimum absolute atomic E-state index is 0.312. The highest BCUT2D eigenvalue weighted by Crippen LogP contribution is 2.58. The van der Waals surface area contributed by atoms with Crippen molar-refractivity contribution in [3.63, 3.8) is 0 Å². The highest BCUT2D eigenvalue weighted by molar-refractivity contribution is 8.00. The van der Waals surface area contributed by atoms with Gasteiger partial charge in [0, 0.05) is 4.90 Å². The standard InChI is InChI=1S/C10H4Cl2F9NS/c11-4-1-3(2-5(12)6(4)22)23-10(20,21)8(15,16)7(13,14)9(17,18)19/h1-2H,22H2. The van der Waals surface area contributed by atoms with Crippen molar-refractivity contribution in [2.75, 3.05) is 5.73 Å². The van der Waals surface area contributed by atoms with E-state index < -0.39 is 50.0 Å². The zero-order chi connectivity index (χ0) is 18.4. The fourth-order valence-electron chi connectivity index (χ4n) is 1.19. The molecular formula is C10H4Cl2F9NS. The molecule has 1 nitrogen and oxygen atoms in total. The van der Waals surface area contributed by atoms with Crippen molar-refractivity contribution in [2.45, 2.75) is 28.2 Å². The lowest BCUT2D eigenvalue weighted by atomic mass is 10.1. The summed E-state index contributed by atoms with van der Waals surface area (Å²) in [6.45, 7) is 0. The Bertz CT molecular complexity index is 579. The summed E-state index contributed by atoms with van der Waals surface area (Å²) in [7, 11) is 0. The first kappa shape index (κ1) is 20.4. The summed E-state index contributed by atoms with van der Waals surface area (Å²) in [6.07, 6.45) is -6.88. The highest BCUT2D eigenvalue weighted by atomic mass is 35.5. The normalized spacial score (nSPS) is 14.2. The van der Waals surface area contributed by atoms with E-state index in [2.05, 4.69) is 0 Å². The highest BCUT2D eigenvalue weighted by Gasteiger charge is 2.82. The number of nitrogen functional groups attached to an aromatic ring is 1. The van der Waals surface area contributed by atoms with Crippen LogP contribution in [-0.4, -0.2) is 23.3 Å². The van der Waals surface area contributed by atoms with Crippen molar-refractivity contribution in [1.29, 1.82) is 0 Å². The summed E-state index contributed by atoms with van der Waals surface area (Å²) in [5, 5.41) is -6.77. The van der Waals surface area contributed by atoms with E-state index in [0.717, 1.165) is 0 Å². The molecule has 132 valence electrons. The van der Waals surface area contributed by atoms with Gasteiger partial charge < -0.3 is 5.73 Å². The molecule has 2 N–H and O–H groups in total. The average Bonchev–Trinajstić information content (AvgIpc) is 2.33. The van der Waals surface area contributed by atoms with Gasteiger partial charge in [0.2, 0.25) is 0 Å². The van der Waals surface area contributed by atoms with Gasteiger partial charge in [0.05, 0.1) is 15.7 Å². The molecule has 1 aromatic carbocycles. The van der Waals surface area contributed by atoms with E-state index in [1.165, 1.54) is 0 Å². The quantitative estimate of drug-likeness (QED) is 0.368. The third kappa shape index (κ3) is 3.55. The Balaban J connectivity index is 3.26. The molecule has 0 bridgehead atoms. The van der Waals surface area contributed by atoms with Crippen LogP contribution in [0.1, 0.15) is 0 Å². The molecule has 0 heterocycles. The van der Waals surface area contributed by atoms with E-state index in [-0.39, 0.29) is 5.69 Å². The average molecular weight is 412 g/mol. The molecule has 0 radical (unpaired) electrons. The lowest BCUT2D eigenvalue weighted by Gasteiger charge is -2.33. The lowest BCUT2D eigenvalue weighted by molar-refractivity contribution is -0.381. The van der Waals surface area contributed by atoms with E-state index in [1.54, 1.807) is 0 Å². The van der Waals surface area contributed by atoms with Crippen LogP contribution in [-0.2, 0) is 0 Å². The van der Waals surface area contributed by atoms with E-state index in [1.807, 2.05) is 0 Å². The molecule has 13 heteroatoms. The molecule has 0 unspecified atom stereocenters. The zero-order valence-electron chi connectivity index (χ0n) is 10.3. The number of thioether (sulfide) groups is 1. The Hall–Kier alpha value is -0.680. The summed E-state index contributed by atoms with van der Waals surface area (Å²) in [6, 6.07) is 1.15. The van der Waals surface area contributed by atoms with Crippen molar-refractivity contribution < 1.29 is 39.5 Å². The Kier molecular flexibility index (Phi) is 5.31. The summed E-state index contributed by atoms with van der Waals surface area (Å²) in [4.78, 5) is -0.878. The number of hydrogen-bond donors (Lipinski definition) is 1. The van der Waals surface area contributed by atoms with E-state index in [4.69, 9.17) is 28.9 Å². The number of nitrogens with two attached hydrogens (primary N) is 1. The third-order valence-corrected chi connectivity index (χ3v) is 4.02. The number of anilines is 1. The van der Waals surface area contributed by atoms with Gasteiger partial charge in [-0.1, -0.05) is 23.2 Å². The first-order valence-corrected chi connectivity index (χ1v) is 6.75. The number of alkyl halides is 9. The van der Waals surface area contributed by atoms with Crippen LogP contribution in [0.5, 0.6) is 0 Å². The monoisotopic (exact) mass is 411 g/mol. The number of benzene rings is 1. The van der Waals surface area contributed by atoms with Gasteiger partial charge in [0.1, 0.15) is 0 Å². The van der Waals surface area contributed by atoms with Crippen LogP contribution in [0.4, 0.5) is 45.2 Å². The first-order chi connectivity index (χ1) is 10.0. The van der Waals surface area contributed by atoms with Crippen LogP contribution in [0.2, 0.25) is 10.0 Å². The van der Waals surface area contributed by atoms with Gasteiger partial charge >= 0.3 is 23.3 Å². The summed E-state index contributed by atoms with van der Waals surface area (Å²) >= 11 is 9.63. The van der Waals surface area contributed by atoms with Gasteiger partial charge in [0.15, 0.2) is 0 Å². The van der Waals surface area contributed by atoms with Gasteiger partial charge in [-0.25, -0.2) is 0 Å². The van der Waals surface area contributed by atoms with Gasteiger partial charge in [-0.2, -0.15) is 39.5 Å². The molecule has 0 fully saturated rings. The molecule has 1 aromatic rings. The van der Waals surface area contributed by atoms with Crippen molar-refractivity contribution in [3.05, 3.63) is 22.2 Å². The van der Waals surface area contributed by atoms with Gasteiger partial charge in [-0.3, -0.25) is 0 Å².